The molecular weight excluding hydrogens is 1070 g/mol. The smallest absolute Gasteiger partial charge is 0.136 e. The van der Waals surface area contributed by atoms with Crippen molar-refractivity contribution in [2.24, 2.45) is 0 Å². The maximum Gasteiger partial charge on any atom is 0.136 e. The molecule has 5 nitrogen and oxygen atoms in total. The van der Waals surface area contributed by atoms with Crippen molar-refractivity contribution >= 4 is 54.9 Å². The Morgan fingerprint density at radius 3 is 1.95 bits per heavy atom. The van der Waals surface area contributed by atoms with Crippen LogP contribution in [0.3, 0.4) is 0 Å². The number of hydrogen-bond donors (Lipinski definition) is 0. The molecule has 2 aliphatic rings. The fraction of sp³-hybridized carbons (Fsp3) is 0.284. The number of aromatic nitrogens is 3. The van der Waals surface area contributed by atoms with E-state index in [2.05, 4.69) is 159 Å². The Bertz CT molecular complexity index is 4040. The van der Waals surface area contributed by atoms with E-state index in [1.165, 1.54) is 44.6 Å². The standard InChI is InChI=1S/C52H47N2O2.C15H16N.Ir/c1-29-23-24-32(47-40(29)34-26-38-33(25-39(34)56-47)31-19-13-16-22-37(31)55-38)48-53-35-20-14-15-21-36(35)54(48)46-44-42(49(2,3)27-51(44,6)7)41(30-17-11-10-12-18-30)43-45(46)52(8,9)28-50(43,4)5;1-15(2,3)13-9-10-16-14(11-13)12-7-5-4-6-8-12;/h10-23,25-26H,27-28H2,1-9H3;4-7,9-11H,1-3H3;/q2*-1;/i1D3;;. The van der Waals surface area contributed by atoms with Crippen LogP contribution in [0.2, 0.25) is 0 Å². The molecule has 0 amide bonds. The van der Waals surface area contributed by atoms with Crippen LogP contribution in [0.25, 0.3) is 94.4 Å². The van der Waals surface area contributed by atoms with Gasteiger partial charge in [-0.05, 0) is 121 Å². The molecule has 1 radical (unpaired) electrons. The molecule has 7 aromatic carbocycles. The van der Waals surface area contributed by atoms with Crippen molar-refractivity contribution < 1.29 is 33.1 Å². The molecule has 0 spiro atoms. The van der Waals surface area contributed by atoms with Crippen LogP contribution >= 0.6 is 0 Å². The largest absolute Gasteiger partial charge is 0.501 e. The number of benzene rings is 7. The molecule has 0 unspecified atom stereocenters. The maximum atomic E-state index is 8.71. The van der Waals surface area contributed by atoms with Crippen molar-refractivity contribution in [1.82, 2.24) is 14.5 Å². The van der Waals surface area contributed by atoms with E-state index in [0.717, 1.165) is 51.5 Å². The van der Waals surface area contributed by atoms with Crippen LogP contribution in [0.5, 0.6) is 0 Å². The molecule has 73 heavy (non-hydrogen) atoms. The minimum absolute atomic E-state index is 0. The normalized spacial score (nSPS) is 16.9. The van der Waals surface area contributed by atoms with E-state index in [1.807, 2.05) is 72.9 Å². The molecule has 4 heterocycles. The zero-order chi connectivity index (χ0) is 52.8. The van der Waals surface area contributed by atoms with Crippen molar-refractivity contribution in [3.05, 3.63) is 185 Å². The van der Waals surface area contributed by atoms with Crippen molar-refractivity contribution in [1.29, 1.82) is 0 Å². The van der Waals surface area contributed by atoms with E-state index >= 15 is 0 Å². The second kappa shape index (κ2) is 17.0. The Morgan fingerprint density at radius 1 is 0.630 bits per heavy atom. The molecule has 0 atom stereocenters. The topological polar surface area (TPSA) is 57.0 Å². The van der Waals surface area contributed by atoms with Crippen LogP contribution in [-0.4, -0.2) is 14.5 Å². The van der Waals surface area contributed by atoms with Gasteiger partial charge < -0.3 is 18.4 Å². The van der Waals surface area contributed by atoms with E-state index in [4.69, 9.17) is 17.9 Å². The number of hydrogen-bond acceptors (Lipinski definition) is 4. The van der Waals surface area contributed by atoms with Crippen molar-refractivity contribution in [3.8, 4) is 39.5 Å². The molecule has 0 saturated carbocycles. The summed E-state index contributed by atoms with van der Waals surface area (Å²) in [4.78, 5) is 9.86. The maximum absolute atomic E-state index is 8.71. The summed E-state index contributed by atoms with van der Waals surface area (Å²) in [6.07, 6.45) is 3.84. The van der Waals surface area contributed by atoms with Crippen molar-refractivity contribution in [2.45, 2.75) is 123 Å². The molecule has 0 saturated heterocycles. The van der Waals surface area contributed by atoms with Gasteiger partial charge in [-0.1, -0.05) is 161 Å². The molecule has 369 valence electrons. The first-order chi connectivity index (χ1) is 35.4. The molecule has 13 rings (SSSR count). The summed E-state index contributed by atoms with van der Waals surface area (Å²) in [6.45, 7) is 23.5. The Hall–Kier alpha value is -6.59. The number of para-hydroxylation sites is 3. The van der Waals surface area contributed by atoms with E-state index in [1.54, 1.807) is 6.07 Å². The number of fused-ring (bicyclic) bond motifs is 9. The summed E-state index contributed by atoms with van der Waals surface area (Å²) in [5.41, 5.74) is 17.3. The SMILES string of the molecule is CC(C)(C)c1ccnc(-c2[c-]cccc2)c1.[2H]C([2H])([2H])c1c[c-]c(-c2nc3ccccc3n2-c2c3c(c(-c4ccccc4)c4c2C(C)(C)CC4(C)C)C(C)(C)CC3(C)C)c2oc3cc4c(cc3c12)oc1ccccc14.[Ir]. The minimum Gasteiger partial charge on any atom is -0.501 e. The zero-order valence-electron chi connectivity index (χ0n) is 46.7. The first-order valence-corrected chi connectivity index (χ1v) is 25.4. The summed E-state index contributed by atoms with van der Waals surface area (Å²) in [7, 11) is 0. The van der Waals surface area contributed by atoms with E-state index in [9.17, 15) is 0 Å². The quantitative estimate of drug-likeness (QED) is 0.165. The van der Waals surface area contributed by atoms with Crippen molar-refractivity contribution in [2.75, 3.05) is 0 Å². The van der Waals surface area contributed by atoms with Crippen LogP contribution in [0.4, 0.5) is 0 Å². The zero-order valence-corrected chi connectivity index (χ0v) is 46.1. The monoisotopic (exact) mass is 1140 g/mol. The van der Waals surface area contributed by atoms with Crippen LogP contribution in [0.1, 0.15) is 126 Å². The Kier molecular flexibility index (Phi) is 10.5. The van der Waals surface area contributed by atoms with Gasteiger partial charge in [0.2, 0.25) is 0 Å². The second-order valence-electron chi connectivity index (χ2n) is 24.0. The summed E-state index contributed by atoms with van der Waals surface area (Å²) in [5.74, 6) is 0.680. The van der Waals surface area contributed by atoms with Gasteiger partial charge in [-0.2, -0.15) is 0 Å². The van der Waals surface area contributed by atoms with Gasteiger partial charge in [0.25, 0.3) is 0 Å². The van der Waals surface area contributed by atoms with Gasteiger partial charge in [0.1, 0.15) is 16.7 Å². The van der Waals surface area contributed by atoms with E-state index < -0.39 is 6.85 Å². The summed E-state index contributed by atoms with van der Waals surface area (Å²) >= 11 is 0. The number of furan rings is 2. The molecule has 6 heteroatoms. The van der Waals surface area contributed by atoms with Gasteiger partial charge >= 0.3 is 0 Å². The van der Waals surface area contributed by atoms with Crippen LogP contribution < -0.4 is 0 Å². The number of aryl methyl sites for hydroxylation is 1. The number of nitrogens with zero attached hydrogens (tertiary/aromatic N) is 3. The molecule has 4 aromatic heterocycles. The van der Waals surface area contributed by atoms with Crippen LogP contribution in [0.15, 0.2) is 148 Å². The van der Waals surface area contributed by atoms with Crippen molar-refractivity contribution in [3.63, 3.8) is 0 Å². The second-order valence-corrected chi connectivity index (χ2v) is 24.0. The number of rotatable bonds is 4. The van der Waals surface area contributed by atoms with E-state index in [-0.39, 0.29) is 52.7 Å². The molecule has 0 bridgehead atoms. The summed E-state index contributed by atoms with van der Waals surface area (Å²) in [6, 6.07) is 51.7. The molecular formula is C67H63IrN3O2-2. The summed E-state index contributed by atoms with van der Waals surface area (Å²) in [5, 5.41) is 3.12. The van der Waals surface area contributed by atoms with Crippen LogP contribution in [-0.2, 0) is 47.2 Å². The summed E-state index contributed by atoms with van der Waals surface area (Å²) < 4.78 is 41.8. The predicted octanol–water partition coefficient (Wildman–Crippen LogP) is 18.0. The van der Waals surface area contributed by atoms with Gasteiger partial charge in [-0.3, -0.25) is 4.98 Å². The van der Waals surface area contributed by atoms with Gasteiger partial charge in [-0.15, -0.1) is 53.6 Å². The number of pyridine rings is 1. The molecule has 0 aliphatic heterocycles. The molecule has 0 N–H and O–H groups in total. The fourth-order valence-electron chi connectivity index (χ4n) is 13.3. The fourth-order valence-corrected chi connectivity index (χ4v) is 13.3. The predicted molar refractivity (Wildman–Crippen MR) is 299 cm³/mol. The third kappa shape index (κ3) is 7.73. The third-order valence-electron chi connectivity index (χ3n) is 15.7. The van der Waals surface area contributed by atoms with E-state index in [0.29, 0.717) is 38.9 Å². The molecule has 0 fully saturated rings. The Labute approximate surface area is 447 Å². The first-order valence-electron chi connectivity index (χ1n) is 26.9. The average molecular weight is 1140 g/mol. The first kappa shape index (κ1) is 45.1. The number of imidazole rings is 1. The molecule has 2 aliphatic carbocycles. The van der Waals surface area contributed by atoms with Gasteiger partial charge in [0.05, 0.1) is 22.4 Å². The van der Waals surface area contributed by atoms with Gasteiger partial charge in [0.15, 0.2) is 0 Å². The Morgan fingerprint density at radius 2 is 1.26 bits per heavy atom. The van der Waals surface area contributed by atoms with Crippen LogP contribution in [0, 0.1) is 19.0 Å². The van der Waals surface area contributed by atoms with Gasteiger partial charge in [0, 0.05) is 52.3 Å². The minimum atomic E-state index is -2.42. The van der Waals surface area contributed by atoms with Gasteiger partial charge in [-0.25, -0.2) is 0 Å². The molecule has 11 aromatic rings. The third-order valence-corrected chi connectivity index (χ3v) is 15.7. The average Bonchev–Trinajstić information content (AvgIpc) is 4.18. The Balaban J connectivity index is 0.000000311.